The maximum absolute atomic E-state index is 12.0. The van der Waals surface area contributed by atoms with Crippen molar-refractivity contribution in [1.82, 2.24) is 10.6 Å². The van der Waals surface area contributed by atoms with Crippen molar-refractivity contribution in [3.8, 4) is 0 Å². The monoisotopic (exact) mass is 300 g/mol. The van der Waals surface area contributed by atoms with Crippen molar-refractivity contribution >= 4 is 11.8 Å². The van der Waals surface area contributed by atoms with Gasteiger partial charge in [0, 0.05) is 12.1 Å². The van der Waals surface area contributed by atoms with Crippen LogP contribution in [-0.2, 0) is 4.79 Å². The Hall–Kier alpha value is -2.10. The Morgan fingerprint density at radius 2 is 1.95 bits per heavy atom. The summed E-state index contributed by atoms with van der Waals surface area (Å²) in [4.78, 5) is 24.0. The van der Waals surface area contributed by atoms with Crippen molar-refractivity contribution in [2.24, 2.45) is 0 Å². The molecule has 0 aliphatic heterocycles. The Labute approximate surface area is 132 Å². The van der Waals surface area contributed by atoms with Gasteiger partial charge in [-0.2, -0.15) is 0 Å². The molecule has 4 nitrogen and oxygen atoms in total. The largest absolute Gasteiger partial charge is 0.354 e. The molecule has 0 saturated carbocycles. The summed E-state index contributed by atoms with van der Waals surface area (Å²) in [6.07, 6.45) is 8.03. The van der Waals surface area contributed by atoms with Crippen LogP contribution in [0.3, 0.4) is 0 Å². The summed E-state index contributed by atoms with van der Waals surface area (Å²) in [5.41, 5.74) is 2.00. The lowest BCUT2D eigenvalue weighted by atomic mass is 9.97. The van der Waals surface area contributed by atoms with Crippen LogP contribution in [0.15, 0.2) is 42.0 Å². The van der Waals surface area contributed by atoms with Gasteiger partial charge in [0.15, 0.2) is 0 Å². The maximum atomic E-state index is 12.0. The third-order valence-corrected chi connectivity index (χ3v) is 3.91. The molecule has 1 atom stereocenters. The van der Waals surface area contributed by atoms with Crippen LogP contribution in [0.1, 0.15) is 49.4 Å². The lowest BCUT2D eigenvalue weighted by Gasteiger charge is -2.16. The van der Waals surface area contributed by atoms with E-state index in [1.165, 1.54) is 18.4 Å². The molecule has 0 heterocycles. The number of carbonyl (C=O) groups is 2. The fourth-order valence-electron chi connectivity index (χ4n) is 2.57. The fraction of sp³-hybridized carbons (Fsp3) is 0.444. The molecule has 0 aromatic heterocycles. The summed E-state index contributed by atoms with van der Waals surface area (Å²) in [5.74, 6) is -0.362. The van der Waals surface area contributed by atoms with E-state index >= 15 is 0 Å². The number of hydrogen-bond donors (Lipinski definition) is 2. The molecular weight excluding hydrogens is 276 g/mol. The van der Waals surface area contributed by atoms with Gasteiger partial charge in [0.25, 0.3) is 5.91 Å². The number of hydrogen-bond acceptors (Lipinski definition) is 2. The van der Waals surface area contributed by atoms with Gasteiger partial charge >= 0.3 is 0 Å². The van der Waals surface area contributed by atoms with Crippen molar-refractivity contribution < 1.29 is 9.59 Å². The first-order valence-electron chi connectivity index (χ1n) is 7.98. The standard InChI is InChI=1S/C18H24N2O2/c1-14(20-18(22)16-10-6-3-7-11-16)17(21)19-13-12-15-8-4-2-5-9-15/h3,6-8,10-11,14H,2,4-5,9,12-13H2,1H3,(H,19,21)(H,20,22)/t14-/m0/s1. The van der Waals surface area contributed by atoms with E-state index in [1.807, 2.05) is 6.07 Å². The highest BCUT2D eigenvalue weighted by atomic mass is 16.2. The quantitative estimate of drug-likeness (QED) is 0.794. The minimum atomic E-state index is -0.534. The number of nitrogens with one attached hydrogen (secondary N) is 2. The Kier molecular flexibility index (Phi) is 6.19. The van der Waals surface area contributed by atoms with Crippen LogP contribution < -0.4 is 10.6 Å². The van der Waals surface area contributed by atoms with Gasteiger partial charge in [0.1, 0.15) is 6.04 Å². The molecule has 1 aliphatic rings. The highest BCUT2D eigenvalue weighted by molar-refractivity contribution is 5.97. The fourth-order valence-corrected chi connectivity index (χ4v) is 2.57. The second-order valence-electron chi connectivity index (χ2n) is 5.71. The van der Waals surface area contributed by atoms with Gasteiger partial charge in [0.05, 0.1) is 0 Å². The van der Waals surface area contributed by atoms with Gasteiger partial charge in [-0.3, -0.25) is 9.59 Å². The molecule has 118 valence electrons. The minimum Gasteiger partial charge on any atom is -0.354 e. The molecule has 0 fully saturated rings. The molecule has 1 aromatic rings. The third kappa shape index (κ3) is 5.02. The number of benzene rings is 1. The van der Waals surface area contributed by atoms with Crippen molar-refractivity contribution in [3.05, 3.63) is 47.5 Å². The van der Waals surface area contributed by atoms with E-state index in [0.29, 0.717) is 12.1 Å². The van der Waals surface area contributed by atoms with Crippen LogP contribution >= 0.6 is 0 Å². The highest BCUT2D eigenvalue weighted by Crippen LogP contribution is 2.19. The Morgan fingerprint density at radius 1 is 1.18 bits per heavy atom. The lowest BCUT2D eigenvalue weighted by Crippen LogP contribution is -2.45. The van der Waals surface area contributed by atoms with Gasteiger partial charge < -0.3 is 10.6 Å². The molecule has 1 aromatic carbocycles. The van der Waals surface area contributed by atoms with Gasteiger partial charge in [-0.15, -0.1) is 0 Å². The summed E-state index contributed by atoms with van der Waals surface area (Å²) >= 11 is 0. The summed E-state index contributed by atoms with van der Waals surface area (Å²) in [5, 5.41) is 5.61. The molecule has 2 rings (SSSR count). The Morgan fingerprint density at radius 3 is 2.64 bits per heavy atom. The summed E-state index contributed by atoms with van der Waals surface area (Å²) in [7, 11) is 0. The van der Waals surface area contributed by atoms with Gasteiger partial charge in [-0.25, -0.2) is 0 Å². The molecule has 4 heteroatoms. The zero-order valence-corrected chi connectivity index (χ0v) is 13.1. The van der Waals surface area contributed by atoms with Crippen LogP contribution in [0.4, 0.5) is 0 Å². The first kappa shape index (κ1) is 16.3. The lowest BCUT2D eigenvalue weighted by molar-refractivity contribution is -0.122. The number of rotatable bonds is 6. The van der Waals surface area contributed by atoms with Crippen LogP contribution in [0, 0.1) is 0 Å². The minimum absolute atomic E-state index is 0.138. The summed E-state index contributed by atoms with van der Waals surface area (Å²) in [6, 6.07) is 8.39. The van der Waals surface area contributed by atoms with Crippen LogP contribution in [0.2, 0.25) is 0 Å². The molecular formula is C18H24N2O2. The zero-order valence-electron chi connectivity index (χ0n) is 13.1. The summed E-state index contributed by atoms with van der Waals surface area (Å²) < 4.78 is 0. The van der Waals surface area contributed by atoms with E-state index in [2.05, 4.69) is 16.7 Å². The van der Waals surface area contributed by atoms with E-state index in [9.17, 15) is 9.59 Å². The average molecular weight is 300 g/mol. The Balaban J connectivity index is 1.72. The molecule has 2 amide bonds. The van der Waals surface area contributed by atoms with E-state index in [4.69, 9.17) is 0 Å². The molecule has 0 spiro atoms. The smallest absolute Gasteiger partial charge is 0.251 e. The molecule has 2 N–H and O–H groups in total. The maximum Gasteiger partial charge on any atom is 0.251 e. The topological polar surface area (TPSA) is 58.2 Å². The molecule has 22 heavy (non-hydrogen) atoms. The third-order valence-electron chi connectivity index (χ3n) is 3.91. The molecule has 1 aliphatic carbocycles. The van der Waals surface area contributed by atoms with Crippen molar-refractivity contribution in [2.75, 3.05) is 6.54 Å². The van der Waals surface area contributed by atoms with Crippen molar-refractivity contribution in [1.29, 1.82) is 0 Å². The van der Waals surface area contributed by atoms with Gasteiger partial charge in [-0.1, -0.05) is 29.8 Å². The molecule has 0 bridgehead atoms. The molecule has 0 radical (unpaired) electrons. The van der Waals surface area contributed by atoms with Crippen LogP contribution in [-0.4, -0.2) is 24.4 Å². The summed E-state index contributed by atoms with van der Waals surface area (Å²) in [6.45, 7) is 2.34. The van der Waals surface area contributed by atoms with Gasteiger partial charge in [0.2, 0.25) is 5.91 Å². The first-order valence-corrected chi connectivity index (χ1v) is 7.98. The molecule has 0 saturated heterocycles. The van der Waals surface area contributed by atoms with Crippen LogP contribution in [0.25, 0.3) is 0 Å². The van der Waals surface area contributed by atoms with Crippen molar-refractivity contribution in [2.45, 2.75) is 45.1 Å². The van der Waals surface area contributed by atoms with E-state index in [0.717, 1.165) is 19.3 Å². The second kappa shape index (κ2) is 8.37. The SMILES string of the molecule is C[C@H](NC(=O)c1ccccc1)C(=O)NCCC1=CCCCC1. The van der Waals surface area contributed by atoms with E-state index < -0.39 is 6.04 Å². The second-order valence-corrected chi connectivity index (χ2v) is 5.71. The Bertz CT molecular complexity index is 537. The van der Waals surface area contributed by atoms with Gasteiger partial charge in [-0.05, 0) is 51.2 Å². The number of allylic oxidation sites excluding steroid dienone is 1. The predicted octanol–water partition coefficient (Wildman–Crippen LogP) is 2.81. The first-order chi connectivity index (χ1) is 10.7. The highest BCUT2D eigenvalue weighted by Gasteiger charge is 2.16. The molecule has 0 unspecified atom stereocenters. The normalized spacial score (nSPS) is 15.6. The van der Waals surface area contributed by atoms with E-state index in [1.54, 1.807) is 31.2 Å². The number of carbonyl (C=O) groups excluding carboxylic acids is 2. The van der Waals surface area contributed by atoms with Crippen LogP contribution in [0.5, 0.6) is 0 Å². The number of amides is 2. The predicted molar refractivity (Wildman–Crippen MR) is 87.5 cm³/mol. The van der Waals surface area contributed by atoms with E-state index in [-0.39, 0.29) is 11.8 Å². The van der Waals surface area contributed by atoms with Crippen molar-refractivity contribution in [3.63, 3.8) is 0 Å². The zero-order chi connectivity index (χ0) is 15.8. The average Bonchev–Trinajstić information content (AvgIpc) is 2.56.